The summed E-state index contributed by atoms with van der Waals surface area (Å²) < 4.78 is 34.8. The van der Waals surface area contributed by atoms with Crippen LogP contribution in [0, 0.1) is 11.8 Å². The van der Waals surface area contributed by atoms with Gasteiger partial charge in [0.15, 0.2) is 5.58 Å². The van der Waals surface area contributed by atoms with Gasteiger partial charge in [0.2, 0.25) is 15.9 Å². The molecule has 28 heavy (non-hydrogen) atoms. The van der Waals surface area contributed by atoms with Crippen molar-refractivity contribution in [1.82, 2.24) is 14.2 Å². The van der Waals surface area contributed by atoms with E-state index < -0.39 is 21.8 Å². The molecule has 8 nitrogen and oxygen atoms in total. The minimum Gasteiger partial charge on any atom is -0.408 e. The van der Waals surface area contributed by atoms with Crippen molar-refractivity contribution in [3.05, 3.63) is 28.7 Å². The Kier molecular flexibility index (Phi) is 5.67. The van der Waals surface area contributed by atoms with Crippen molar-refractivity contribution in [2.45, 2.75) is 44.6 Å². The second-order valence-corrected chi connectivity index (χ2v) is 9.62. The van der Waals surface area contributed by atoms with E-state index >= 15 is 0 Å². The van der Waals surface area contributed by atoms with Gasteiger partial charge in [-0.3, -0.25) is 9.36 Å². The number of carbonyl (C=O) groups is 1. The number of benzene rings is 1. The fourth-order valence-corrected chi connectivity index (χ4v) is 4.77. The molecule has 0 bridgehead atoms. The van der Waals surface area contributed by atoms with Crippen molar-refractivity contribution in [1.29, 1.82) is 0 Å². The third-order valence-corrected chi connectivity index (χ3v) is 6.82. The molecule has 0 spiro atoms. The maximum Gasteiger partial charge on any atom is 0.419 e. The quantitative estimate of drug-likeness (QED) is 0.810. The highest BCUT2D eigenvalue weighted by molar-refractivity contribution is 7.89. The van der Waals surface area contributed by atoms with Crippen molar-refractivity contribution >= 4 is 27.0 Å². The first kappa shape index (κ1) is 20.6. The molecule has 1 atom stereocenters. The number of nitrogens with one attached hydrogen (secondary N) is 1. The Morgan fingerprint density at radius 3 is 2.50 bits per heavy atom. The number of likely N-dealkylation sites (tertiary alicyclic amines) is 1. The molecule has 9 heteroatoms. The maximum absolute atomic E-state index is 13.0. The van der Waals surface area contributed by atoms with Crippen LogP contribution >= 0.6 is 0 Å². The van der Waals surface area contributed by atoms with E-state index in [0.29, 0.717) is 24.5 Å². The normalized spacial score (nSPS) is 17.4. The molecule has 2 heterocycles. The molecule has 1 aromatic carbocycles. The van der Waals surface area contributed by atoms with Crippen molar-refractivity contribution < 1.29 is 17.6 Å². The summed E-state index contributed by atoms with van der Waals surface area (Å²) in [5.41, 5.74) is 0.690. The SMILES string of the molecule is CC1CCN(C(=O)C(NS(=O)(=O)c2ccc3c(c2)oc(=O)n3C)C(C)C)CC1. The predicted molar refractivity (Wildman–Crippen MR) is 105 cm³/mol. The van der Waals surface area contributed by atoms with Crippen LogP contribution in [0.3, 0.4) is 0 Å². The number of piperidine rings is 1. The van der Waals surface area contributed by atoms with Gasteiger partial charge in [0.25, 0.3) is 0 Å². The summed E-state index contributed by atoms with van der Waals surface area (Å²) in [6.07, 6.45) is 1.85. The van der Waals surface area contributed by atoms with Gasteiger partial charge in [-0.25, -0.2) is 13.2 Å². The smallest absolute Gasteiger partial charge is 0.408 e. The van der Waals surface area contributed by atoms with Crippen LogP contribution in [0.1, 0.15) is 33.6 Å². The van der Waals surface area contributed by atoms with Gasteiger partial charge >= 0.3 is 5.76 Å². The van der Waals surface area contributed by atoms with Gasteiger partial charge in [0, 0.05) is 26.2 Å². The van der Waals surface area contributed by atoms with Gasteiger partial charge in [-0.2, -0.15) is 4.72 Å². The Balaban J connectivity index is 1.85. The number of fused-ring (bicyclic) bond motifs is 1. The average Bonchev–Trinajstić information content (AvgIpc) is 2.93. The van der Waals surface area contributed by atoms with Gasteiger partial charge in [0.1, 0.15) is 6.04 Å². The summed E-state index contributed by atoms with van der Waals surface area (Å²) in [4.78, 5) is 26.3. The number of aryl methyl sites for hydroxylation is 1. The largest absolute Gasteiger partial charge is 0.419 e. The molecule has 154 valence electrons. The van der Waals surface area contributed by atoms with Crippen LogP contribution in [-0.4, -0.2) is 42.9 Å². The van der Waals surface area contributed by atoms with Gasteiger partial charge < -0.3 is 9.32 Å². The summed E-state index contributed by atoms with van der Waals surface area (Å²) in [5.74, 6) is -0.393. The first-order valence-electron chi connectivity index (χ1n) is 9.51. The Morgan fingerprint density at radius 2 is 1.89 bits per heavy atom. The zero-order chi connectivity index (χ0) is 20.6. The summed E-state index contributed by atoms with van der Waals surface area (Å²) >= 11 is 0. The highest BCUT2D eigenvalue weighted by Crippen LogP contribution is 2.21. The van der Waals surface area contributed by atoms with Crippen LogP contribution in [0.25, 0.3) is 11.1 Å². The number of oxazole rings is 1. The minimum absolute atomic E-state index is 0.0416. The van der Waals surface area contributed by atoms with E-state index in [1.165, 1.54) is 22.8 Å². The van der Waals surface area contributed by atoms with Gasteiger partial charge in [-0.1, -0.05) is 20.8 Å². The molecule has 0 saturated carbocycles. The number of sulfonamides is 1. The van der Waals surface area contributed by atoms with Crippen molar-refractivity contribution in [2.75, 3.05) is 13.1 Å². The molecule has 1 saturated heterocycles. The average molecular weight is 410 g/mol. The van der Waals surface area contributed by atoms with E-state index in [9.17, 15) is 18.0 Å². The lowest BCUT2D eigenvalue weighted by Gasteiger charge is -2.34. The summed E-state index contributed by atoms with van der Waals surface area (Å²) in [5, 5.41) is 0. The molecule has 2 aromatic rings. The first-order chi connectivity index (χ1) is 13.1. The molecule has 3 rings (SSSR count). The highest BCUT2D eigenvalue weighted by Gasteiger charge is 2.33. The molecule has 0 radical (unpaired) electrons. The van der Waals surface area contributed by atoms with Crippen LogP contribution in [0.15, 0.2) is 32.3 Å². The van der Waals surface area contributed by atoms with Crippen LogP contribution < -0.4 is 10.5 Å². The lowest BCUT2D eigenvalue weighted by atomic mass is 9.97. The van der Waals surface area contributed by atoms with E-state index in [2.05, 4.69) is 11.6 Å². The van der Waals surface area contributed by atoms with Crippen molar-refractivity contribution in [2.24, 2.45) is 18.9 Å². The third kappa shape index (κ3) is 4.00. The molecule has 1 aliphatic heterocycles. The van der Waals surface area contributed by atoms with E-state index in [1.54, 1.807) is 11.9 Å². The topological polar surface area (TPSA) is 102 Å². The molecule has 1 aromatic heterocycles. The Morgan fingerprint density at radius 1 is 1.25 bits per heavy atom. The molecule has 1 aliphatic rings. The van der Waals surface area contributed by atoms with Crippen LogP contribution in [-0.2, 0) is 21.9 Å². The molecule has 1 N–H and O–H groups in total. The fraction of sp³-hybridized carbons (Fsp3) is 0.579. The number of aromatic nitrogens is 1. The monoisotopic (exact) mass is 409 g/mol. The number of nitrogens with zero attached hydrogens (tertiary/aromatic N) is 2. The number of amides is 1. The van der Waals surface area contributed by atoms with E-state index in [-0.39, 0.29) is 22.3 Å². The third-order valence-electron chi connectivity index (χ3n) is 5.38. The van der Waals surface area contributed by atoms with E-state index in [4.69, 9.17) is 4.42 Å². The molecule has 1 unspecified atom stereocenters. The van der Waals surface area contributed by atoms with Crippen LogP contribution in [0.5, 0.6) is 0 Å². The van der Waals surface area contributed by atoms with E-state index in [0.717, 1.165) is 12.8 Å². The zero-order valence-electron chi connectivity index (χ0n) is 16.6. The predicted octanol–water partition coefficient (Wildman–Crippen LogP) is 1.69. The number of carbonyl (C=O) groups excluding carboxylic acids is 1. The van der Waals surface area contributed by atoms with Gasteiger partial charge in [-0.05, 0) is 36.8 Å². The van der Waals surface area contributed by atoms with Crippen LogP contribution in [0.4, 0.5) is 0 Å². The van der Waals surface area contributed by atoms with Crippen LogP contribution in [0.2, 0.25) is 0 Å². The van der Waals surface area contributed by atoms with Crippen molar-refractivity contribution in [3.8, 4) is 0 Å². The number of hydrogen-bond donors (Lipinski definition) is 1. The minimum atomic E-state index is -3.96. The maximum atomic E-state index is 13.0. The van der Waals surface area contributed by atoms with Gasteiger partial charge in [-0.15, -0.1) is 0 Å². The summed E-state index contributed by atoms with van der Waals surface area (Å²) in [7, 11) is -2.41. The molecule has 1 fully saturated rings. The van der Waals surface area contributed by atoms with Crippen molar-refractivity contribution in [3.63, 3.8) is 0 Å². The fourth-order valence-electron chi connectivity index (χ4n) is 3.41. The first-order valence-corrected chi connectivity index (χ1v) is 11.0. The molecule has 1 amide bonds. The number of hydrogen-bond acceptors (Lipinski definition) is 5. The lowest BCUT2D eigenvalue weighted by Crippen LogP contribution is -2.52. The Hall–Kier alpha value is -2.13. The van der Waals surface area contributed by atoms with E-state index in [1.807, 2.05) is 13.8 Å². The Bertz CT molecular complexity index is 1030. The summed E-state index contributed by atoms with van der Waals surface area (Å²) in [6, 6.07) is 3.39. The lowest BCUT2D eigenvalue weighted by molar-refractivity contribution is -0.135. The number of rotatable bonds is 5. The molecule has 0 aliphatic carbocycles. The second kappa shape index (κ2) is 7.71. The zero-order valence-corrected chi connectivity index (χ0v) is 17.5. The van der Waals surface area contributed by atoms with Gasteiger partial charge in [0.05, 0.1) is 10.4 Å². The summed E-state index contributed by atoms with van der Waals surface area (Å²) in [6.45, 7) is 7.08. The molecular formula is C19H27N3O5S. The molecular weight excluding hydrogens is 382 g/mol. The Labute approximate surface area is 164 Å². The standard InChI is InChI=1S/C19H27N3O5S/c1-12(2)17(18(23)22-9-7-13(3)8-10-22)20-28(25,26)14-5-6-15-16(11-14)27-19(24)21(15)4/h5-6,11-13,17,20H,7-10H2,1-4H3. The highest BCUT2D eigenvalue weighted by atomic mass is 32.2. The second-order valence-electron chi connectivity index (χ2n) is 7.91.